The van der Waals surface area contributed by atoms with Crippen molar-refractivity contribution in [3.05, 3.63) is 58.6 Å². The van der Waals surface area contributed by atoms with Crippen molar-refractivity contribution in [2.24, 2.45) is 11.8 Å². The standard InChI is InChI=1S/C26H31ClN2O5S/c1-19-16-29(10-9-20-12-21(15-28)14-23(27)13-20)17-22(19)18-34-24-5-7-25(8-6-24)35(31,32)11-3-4-26(30)33-2/h5-8,12-14,19,22H,3-4,9-11,16-18H2,1-2H3/t19-,22+/m1/s1. The van der Waals surface area contributed by atoms with Gasteiger partial charge in [0, 0.05) is 37.0 Å². The Kier molecular flexibility index (Phi) is 9.55. The van der Waals surface area contributed by atoms with E-state index in [1.165, 1.54) is 7.11 Å². The first-order valence-electron chi connectivity index (χ1n) is 11.6. The van der Waals surface area contributed by atoms with E-state index in [-0.39, 0.29) is 23.5 Å². The summed E-state index contributed by atoms with van der Waals surface area (Å²) in [5.74, 6) is 0.947. The predicted molar refractivity (Wildman–Crippen MR) is 134 cm³/mol. The van der Waals surface area contributed by atoms with Gasteiger partial charge in [0.25, 0.3) is 0 Å². The molecule has 1 fully saturated rings. The third-order valence-electron chi connectivity index (χ3n) is 6.32. The highest BCUT2D eigenvalue weighted by atomic mass is 35.5. The highest BCUT2D eigenvalue weighted by Gasteiger charge is 2.29. The summed E-state index contributed by atoms with van der Waals surface area (Å²) < 4.78 is 35.4. The van der Waals surface area contributed by atoms with Crippen molar-refractivity contribution in [1.82, 2.24) is 4.90 Å². The molecule has 2 atom stereocenters. The molecule has 9 heteroatoms. The Morgan fingerprint density at radius 1 is 1.20 bits per heavy atom. The maximum atomic E-state index is 12.5. The minimum absolute atomic E-state index is 0.0769. The number of sulfone groups is 1. The van der Waals surface area contributed by atoms with Gasteiger partial charge in [0.05, 0.1) is 36.0 Å². The highest BCUT2D eigenvalue weighted by Crippen LogP contribution is 2.26. The van der Waals surface area contributed by atoms with Gasteiger partial charge in [-0.1, -0.05) is 18.5 Å². The van der Waals surface area contributed by atoms with Crippen LogP contribution in [-0.2, 0) is 25.8 Å². The van der Waals surface area contributed by atoms with E-state index in [1.807, 2.05) is 12.1 Å². The van der Waals surface area contributed by atoms with Gasteiger partial charge in [0.2, 0.25) is 0 Å². The number of methoxy groups -OCH3 is 1. The monoisotopic (exact) mass is 518 g/mol. The normalized spacial score (nSPS) is 18.2. The molecule has 2 aromatic rings. The highest BCUT2D eigenvalue weighted by molar-refractivity contribution is 7.91. The van der Waals surface area contributed by atoms with Crippen LogP contribution in [0.5, 0.6) is 5.75 Å². The zero-order valence-electron chi connectivity index (χ0n) is 20.1. The summed E-state index contributed by atoms with van der Waals surface area (Å²) in [5, 5.41) is 9.71. The second kappa shape index (κ2) is 12.4. The fraction of sp³-hybridized carbons (Fsp3) is 0.462. The molecule has 1 heterocycles. The number of esters is 1. The lowest BCUT2D eigenvalue weighted by molar-refractivity contribution is -0.140. The van der Waals surface area contributed by atoms with Crippen LogP contribution in [0.2, 0.25) is 5.02 Å². The van der Waals surface area contributed by atoms with Crippen LogP contribution in [0.15, 0.2) is 47.4 Å². The van der Waals surface area contributed by atoms with Gasteiger partial charge >= 0.3 is 5.97 Å². The van der Waals surface area contributed by atoms with Crippen LogP contribution in [-0.4, -0.2) is 58.4 Å². The molecular formula is C26H31ClN2O5S. The average molecular weight is 519 g/mol. The molecule has 35 heavy (non-hydrogen) atoms. The summed E-state index contributed by atoms with van der Waals surface area (Å²) in [5.41, 5.74) is 1.63. The molecule has 1 saturated heterocycles. The van der Waals surface area contributed by atoms with Crippen molar-refractivity contribution in [1.29, 1.82) is 5.26 Å². The average Bonchev–Trinajstić information content (AvgIpc) is 3.20. The molecule has 1 aliphatic rings. The molecule has 0 radical (unpaired) electrons. The Labute approximate surface area is 212 Å². The number of rotatable bonds is 11. The number of halogens is 1. The van der Waals surface area contributed by atoms with E-state index in [4.69, 9.17) is 21.6 Å². The largest absolute Gasteiger partial charge is 0.493 e. The lowest BCUT2D eigenvalue weighted by Crippen LogP contribution is -2.24. The van der Waals surface area contributed by atoms with E-state index in [0.717, 1.165) is 31.6 Å². The first kappa shape index (κ1) is 27.0. The molecule has 3 rings (SSSR count). The van der Waals surface area contributed by atoms with Gasteiger partial charge in [-0.05, 0) is 66.8 Å². The van der Waals surface area contributed by atoms with E-state index in [2.05, 4.69) is 22.6 Å². The Morgan fingerprint density at radius 2 is 1.94 bits per heavy atom. The number of hydrogen-bond acceptors (Lipinski definition) is 7. The van der Waals surface area contributed by atoms with Crippen LogP contribution >= 0.6 is 11.6 Å². The van der Waals surface area contributed by atoms with Crippen molar-refractivity contribution in [3.63, 3.8) is 0 Å². The molecule has 0 saturated carbocycles. The third-order valence-corrected chi connectivity index (χ3v) is 8.35. The van der Waals surface area contributed by atoms with Gasteiger partial charge < -0.3 is 14.4 Å². The van der Waals surface area contributed by atoms with Crippen molar-refractivity contribution < 1.29 is 22.7 Å². The van der Waals surface area contributed by atoms with E-state index in [0.29, 0.717) is 34.8 Å². The first-order valence-corrected chi connectivity index (χ1v) is 13.7. The van der Waals surface area contributed by atoms with E-state index < -0.39 is 15.8 Å². The lowest BCUT2D eigenvalue weighted by atomic mass is 9.99. The number of nitriles is 1. The number of hydrogen-bond donors (Lipinski definition) is 0. The minimum Gasteiger partial charge on any atom is -0.493 e. The quantitative estimate of drug-likeness (QED) is 0.412. The second-order valence-corrected chi connectivity index (χ2v) is 11.5. The van der Waals surface area contributed by atoms with Gasteiger partial charge in [-0.15, -0.1) is 0 Å². The van der Waals surface area contributed by atoms with Crippen LogP contribution in [0.4, 0.5) is 0 Å². The lowest BCUT2D eigenvalue weighted by Gasteiger charge is -2.17. The van der Waals surface area contributed by atoms with Crippen LogP contribution in [0.3, 0.4) is 0 Å². The molecule has 0 aliphatic carbocycles. The van der Waals surface area contributed by atoms with E-state index in [9.17, 15) is 13.2 Å². The van der Waals surface area contributed by atoms with Crippen molar-refractivity contribution in [2.75, 3.05) is 39.1 Å². The van der Waals surface area contributed by atoms with Crippen LogP contribution < -0.4 is 4.74 Å². The molecule has 7 nitrogen and oxygen atoms in total. The van der Waals surface area contributed by atoms with Gasteiger partial charge in [-0.2, -0.15) is 5.26 Å². The zero-order valence-corrected chi connectivity index (χ0v) is 21.6. The topological polar surface area (TPSA) is 96.7 Å². The smallest absolute Gasteiger partial charge is 0.305 e. The molecule has 0 unspecified atom stereocenters. The summed E-state index contributed by atoms with van der Waals surface area (Å²) in [7, 11) is -2.18. The minimum atomic E-state index is -3.46. The van der Waals surface area contributed by atoms with Gasteiger partial charge in [0.15, 0.2) is 9.84 Å². The van der Waals surface area contributed by atoms with Crippen molar-refractivity contribution in [3.8, 4) is 11.8 Å². The SMILES string of the molecule is COC(=O)CCCS(=O)(=O)c1ccc(OC[C@@H]2CN(CCc3cc(Cl)cc(C#N)c3)C[C@H]2C)cc1. The van der Waals surface area contributed by atoms with Gasteiger partial charge in [-0.3, -0.25) is 4.79 Å². The third kappa shape index (κ3) is 7.96. The summed E-state index contributed by atoms with van der Waals surface area (Å²) in [6.45, 7) is 5.54. The molecule has 1 aliphatic heterocycles. The van der Waals surface area contributed by atoms with E-state index >= 15 is 0 Å². The molecule has 0 bridgehead atoms. The molecule has 0 spiro atoms. The Bertz CT molecular complexity index is 1160. The molecule has 2 aromatic carbocycles. The van der Waals surface area contributed by atoms with Crippen molar-refractivity contribution >= 4 is 27.4 Å². The van der Waals surface area contributed by atoms with Crippen molar-refractivity contribution in [2.45, 2.75) is 31.1 Å². The Hall–Kier alpha value is -2.60. The zero-order chi connectivity index (χ0) is 25.4. The first-order chi connectivity index (χ1) is 16.7. The number of likely N-dealkylation sites (tertiary alicyclic amines) is 1. The molecule has 188 valence electrons. The maximum Gasteiger partial charge on any atom is 0.305 e. The van der Waals surface area contributed by atoms with Gasteiger partial charge in [-0.25, -0.2) is 8.42 Å². The molecule has 0 N–H and O–H groups in total. The Balaban J connectivity index is 1.47. The number of nitrogens with zero attached hydrogens (tertiary/aromatic N) is 2. The number of carbonyl (C=O) groups excluding carboxylic acids is 1. The predicted octanol–water partition coefficient (Wildman–Crippen LogP) is 4.13. The fourth-order valence-corrected chi connectivity index (χ4v) is 5.83. The second-order valence-electron chi connectivity index (χ2n) is 8.99. The molecular weight excluding hydrogens is 488 g/mol. The maximum absolute atomic E-state index is 12.5. The van der Waals surface area contributed by atoms with Crippen LogP contribution in [0, 0.1) is 23.2 Å². The molecule has 0 amide bonds. The summed E-state index contributed by atoms with van der Waals surface area (Å²) in [6, 6.07) is 14.1. The number of carbonyl (C=O) groups is 1. The number of benzene rings is 2. The number of ether oxygens (including phenoxy) is 2. The summed E-state index contributed by atoms with van der Waals surface area (Å²) in [4.78, 5) is 13.8. The summed E-state index contributed by atoms with van der Waals surface area (Å²) in [6.07, 6.45) is 1.12. The van der Waals surface area contributed by atoms with E-state index in [1.54, 1.807) is 30.3 Å². The molecule has 0 aromatic heterocycles. The fourth-order valence-electron chi connectivity index (χ4n) is 4.26. The van der Waals surface area contributed by atoms with Crippen LogP contribution in [0.1, 0.15) is 30.9 Å². The summed E-state index contributed by atoms with van der Waals surface area (Å²) >= 11 is 6.11. The van der Waals surface area contributed by atoms with Gasteiger partial charge in [0.1, 0.15) is 5.75 Å². The Morgan fingerprint density at radius 3 is 2.63 bits per heavy atom. The van der Waals surface area contributed by atoms with Crippen LogP contribution in [0.25, 0.3) is 0 Å².